The Kier molecular flexibility index (Phi) is 13.5. The first-order chi connectivity index (χ1) is 14.9. The molecule has 2 atom stereocenters. The van der Waals surface area contributed by atoms with E-state index in [1.807, 2.05) is 41.5 Å². The van der Waals surface area contributed by atoms with Gasteiger partial charge >= 0.3 is 5.97 Å². The standard InChI is InChI=1S/C25H47N3O4/c1-11-15-26-25(12-2,13-3)24(31)27-21(18(7)8)22(29)28(10)20(17(5)6)16-19(9)23(30)32-14-4/h16-18,20-21,26H,11-15H2,1-10H3,(H,27,31)/b19-16+/t20-,21+/m1/s1. The molecule has 0 heterocycles. The summed E-state index contributed by atoms with van der Waals surface area (Å²) in [6.45, 7) is 18.4. The van der Waals surface area contributed by atoms with E-state index in [0.717, 1.165) is 13.0 Å². The van der Waals surface area contributed by atoms with Crippen LogP contribution in [0.2, 0.25) is 0 Å². The third-order valence-corrected chi connectivity index (χ3v) is 6.07. The van der Waals surface area contributed by atoms with Gasteiger partial charge in [0.1, 0.15) is 6.04 Å². The van der Waals surface area contributed by atoms with E-state index >= 15 is 0 Å². The maximum atomic E-state index is 13.5. The van der Waals surface area contributed by atoms with Crippen molar-refractivity contribution in [2.24, 2.45) is 11.8 Å². The van der Waals surface area contributed by atoms with Crippen LogP contribution in [0, 0.1) is 11.8 Å². The zero-order valence-corrected chi connectivity index (χ0v) is 22.0. The first kappa shape index (κ1) is 30.1. The van der Waals surface area contributed by atoms with Gasteiger partial charge in [-0.3, -0.25) is 9.59 Å². The quantitative estimate of drug-likeness (QED) is 0.309. The van der Waals surface area contributed by atoms with Gasteiger partial charge in [-0.15, -0.1) is 0 Å². The average molecular weight is 454 g/mol. The van der Waals surface area contributed by atoms with E-state index in [0.29, 0.717) is 25.0 Å². The molecule has 32 heavy (non-hydrogen) atoms. The van der Waals surface area contributed by atoms with Crippen LogP contribution in [-0.4, -0.2) is 60.5 Å². The van der Waals surface area contributed by atoms with E-state index in [2.05, 4.69) is 17.6 Å². The third-order valence-electron chi connectivity index (χ3n) is 6.07. The van der Waals surface area contributed by atoms with Crippen LogP contribution in [0.4, 0.5) is 0 Å². The Morgan fingerprint density at radius 1 is 1.00 bits per heavy atom. The maximum absolute atomic E-state index is 13.5. The summed E-state index contributed by atoms with van der Waals surface area (Å²) in [6.07, 6.45) is 3.98. The van der Waals surface area contributed by atoms with E-state index in [9.17, 15) is 14.4 Å². The van der Waals surface area contributed by atoms with Gasteiger partial charge < -0.3 is 20.3 Å². The SMILES string of the molecule is CCCNC(CC)(CC)C(=O)N[C@H](C(=O)N(C)[C@H](/C=C(\C)C(=O)OCC)C(C)C)C(C)C. The summed E-state index contributed by atoms with van der Waals surface area (Å²) in [5.74, 6) is -0.708. The van der Waals surface area contributed by atoms with Gasteiger partial charge in [0.05, 0.1) is 18.2 Å². The average Bonchev–Trinajstić information content (AvgIpc) is 2.75. The molecular weight excluding hydrogens is 406 g/mol. The van der Waals surface area contributed by atoms with Gasteiger partial charge in [-0.1, -0.05) is 54.5 Å². The second kappa shape index (κ2) is 14.3. The van der Waals surface area contributed by atoms with Crippen molar-refractivity contribution in [3.63, 3.8) is 0 Å². The number of carbonyl (C=O) groups excluding carboxylic acids is 3. The number of hydrogen-bond donors (Lipinski definition) is 2. The molecule has 0 radical (unpaired) electrons. The summed E-state index contributed by atoms with van der Waals surface area (Å²) < 4.78 is 5.08. The van der Waals surface area contributed by atoms with Gasteiger partial charge in [0.25, 0.3) is 0 Å². The molecule has 0 fully saturated rings. The summed E-state index contributed by atoms with van der Waals surface area (Å²) in [5.41, 5.74) is -0.227. The number of esters is 1. The summed E-state index contributed by atoms with van der Waals surface area (Å²) in [4.78, 5) is 40.5. The maximum Gasteiger partial charge on any atom is 0.333 e. The molecule has 0 saturated carbocycles. The molecule has 0 rings (SSSR count). The van der Waals surface area contributed by atoms with Crippen LogP contribution in [-0.2, 0) is 19.1 Å². The van der Waals surface area contributed by atoms with Crippen molar-refractivity contribution in [1.29, 1.82) is 0 Å². The highest BCUT2D eigenvalue weighted by atomic mass is 16.5. The lowest BCUT2D eigenvalue weighted by Crippen LogP contribution is -2.62. The summed E-state index contributed by atoms with van der Waals surface area (Å²) in [6, 6.07) is -0.962. The number of rotatable bonds is 14. The predicted octanol–water partition coefficient (Wildman–Crippen LogP) is 3.68. The number of nitrogens with one attached hydrogen (secondary N) is 2. The molecule has 0 aliphatic heterocycles. The Hall–Kier alpha value is -1.89. The molecule has 0 bridgehead atoms. The number of nitrogens with zero attached hydrogens (tertiary/aromatic N) is 1. The fourth-order valence-electron chi connectivity index (χ4n) is 3.75. The molecule has 0 saturated heterocycles. The number of ether oxygens (including phenoxy) is 1. The summed E-state index contributed by atoms with van der Waals surface area (Å²) >= 11 is 0. The molecule has 7 heteroatoms. The summed E-state index contributed by atoms with van der Waals surface area (Å²) in [7, 11) is 1.73. The Labute approximate surface area is 195 Å². The van der Waals surface area contributed by atoms with Crippen molar-refractivity contribution in [3.8, 4) is 0 Å². The van der Waals surface area contributed by atoms with Crippen LogP contribution in [0.25, 0.3) is 0 Å². The van der Waals surface area contributed by atoms with Crippen molar-refractivity contribution in [2.75, 3.05) is 20.2 Å². The Bertz CT molecular complexity index is 639. The summed E-state index contributed by atoms with van der Waals surface area (Å²) in [5, 5.41) is 6.42. The molecule has 2 N–H and O–H groups in total. The molecule has 0 unspecified atom stereocenters. The molecule has 186 valence electrons. The lowest BCUT2D eigenvalue weighted by atomic mass is 9.90. The zero-order chi connectivity index (χ0) is 25.1. The van der Waals surface area contributed by atoms with Crippen molar-refractivity contribution in [1.82, 2.24) is 15.5 Å². The molecule has 0 aliphatic carbocycles. The highest BCUT2D eigenvalue weighted by Crippen LogP contribution is 2.20. The van der Waals surface area contributed by atoms with E-state index < -0.39 is 11.6 Å². The van der Waals surface area contributed by atoms with Gasteiger partial charge in [0.15, 0.2) is 0 Å². The van der Waals surface area contributed by atoms with Crippen molar-refractivity contribution in [3.05, 3.63) is 11.6 Å². The normalized spacial score (nSPS) is 14.3. The highest BCUT2D eigenvalue weighted by Gasteiger charge is 2.38. The van der Waals surface area contributed by atoms with Gasteiger partial charge in [0.2, 0.25) is 11.8 Å². The first-order valence-corrected chi connectivity index (χ1v) is 12.1. The molecule has 0 aromatic rings. The smallest absolute Gasteiger partial charge is 0.333 e. The topological polar surface area (TPSA) is 87.7 Å². The Morgan fingerprint density at radius 3 is 1.97 bits per heavy atom. The molecule has 0 aromatic carbocycles. The fourth-order valence-corrected chi connectivity index (χ4v) is 3.75. The minimum atomic E-state index is -0.695. The molecule has 0 aliphatic rings. The van der Waals surface area contributed by atoms with E-state index in [1.165, 1.54) is 0 Å². The molecule has 2 amide bonds. The van der Waals surface area contributed by atoms with Crippen LogP contribution in [0.1, 0.15) is 81.6 Å². The monoisotopic (exact) mass is 453 g/mol. The number of carbonyl (C=O) groups is 3. The van der Waals surface area contributed by atoms with E-state index in [4.69, 9.17) is 4.74 Å². The van der Waals surface area contributed by atoms with E-state index in [1.54, 1.807) is 31.9 Å². The van der Waals surface area contributed by atoms with Crippen LogP contribution in [0.5, 0.6) is 0 Å². The fraction of sp³-hybridized carbons (Fsp3) is 0.800. The molecule has 7 nitrogen and oxygen atoms in total. The van der Waals surface area contributed by atoms with Crippen molar-refractivity contribution in [2.45, 2.75) is 99.2 Å². The van der Waals surface area contributed by atoms with Gasteiger partial charge in [-0.05, 0) is 51.5 Å². The van der Waals surface area contributed by atoms with Gasteiger partial charge in [0, 0.05) is 12.6 Å². The highest BCUT2D eigenvalue weighted by molar-refractivity contribution is 5.92. The van der Waals surface area contributed by atoms with Gasteiger partial charge in [-0.2, -0.15) is 0 Å². The minimum absolute atomic E-state index is 0.0773. The molecular formula is C25H47N3O4. The largest absolute Gasteiger partial charge is 0.463 e. The number of likely N-dealkylation sites (N-methyl/N-ethyl adjacent to an activating group) is 1. The second-order valence-electron chi connectivity index (χ2n) is 9.17. The minimum Gasteiger partial charge on any atom is -0.463 e. The van der Waals surface area contributed by atoms with Crippen LogP contribution in [0.3, 0.4) is 0 Å². The van der Waals surface area contributed by atoms with Crippen molar-refractivity contribution < 1.29 is 19.1 Å². The first-order valence-electron chi connectivity index (χ1n) is 12.1. The molecule has 0 aromatic heterocycles. The Balaban J connectivity index is 5.81. The molecule has 0 spiro atoms. The lowest BCUT2D eigenvalue weighted by molar-refractivity contribution is -0.140. The van der Waals surface area contributed by atoms with Crippen molar-refractivity contribution >= 4 is 17.8 Å². The van der Waals surface area contributed by atoms with Gasteiger partial charge in [-0.25, -0.2) is 4.79 Å². The Morgan fingerprint density at radius 2 is 1.56 bits per heavy atom. The number of amides is 2. The second-order valence-corrected chi connectivity index (χ2v) is 9.17. The predicted molar refractivity (Wildman–Crippen MR) is 130 cm³/mol. The third kappa shape index (κ3) is 8.23. The van der Waals surface area contributed by atoms with Crippen LogP contribution in [0.15, 0.2) is 11.6 Å². The van der Waals surface area contributed by atoms with Crippen LogP contribution >= 0.6 is 0 Å². The lowest BCUT2D eigenvalue weighted by Gasteiger charge is -2.37. The zero-order valence-electron chi connectivity index (χ0n) is 22.0. The number of hydrogen-bond acceptors (Lipinski definition) is 5. The van der Waals surface area contributed by atoms with E-state index in [-0.39, 0.29) is 35.7 Å². The van der Waals surface area contributed by atoms with Crippen LogP contribution < -0.4 is 10.6 Å².